The maximum Gasteiger partial charge on any atom is 0.259 e. The molecule has 0 bridgehead atoms. The number of rotatable bonds is 3. The molecule has 1 N–H and O–H groups in total. The fourth-order valence-corrected chi connectivity index (χ4v) is 2.98. The first-order valence-electron chi connectivity index (χ1n) is 7.73. The average molecular weight is 339 g/mol. The molecule has 3 rings (SSSR count). The standard InChI is InChI=1S/C16H22N4O2.ClH/c1-9(2)14-13-12(7-10(3)18-15(13)22-19-14)16(21)20(4)11-5-6-17-8-11;/h7,9,11,17H,5-6,8H2,1-4H3;1H. The molecule has 0 aliphatic carbocycles. The highest BCUT2D eigenvalue weighted by molar-refractivity contribution is 6.06. The Kier molecular flexibility index (Phi) is 5.26. The molecule has 126 valence electrons. The predicted octanol–water partition coefficient (Wildman–Crippen LogP) is 2.51. The summed E-state index contributed by atoms with van der Waals surface area (Å²) in [5.41, 5.74) is 2.65. The Morgan fingerprint density at radius 1 is 1.48 bits per heavy atom. The first-order valence-corrected chi connectivity index (χ1v) is 7.73. The van der Waals surface area contributed by atoms with Crippen molar-refractivity contribution >= 4 is 29.4 Å². The molecule has 1 atom stereocenters. The van der Waals surface area contributed by atoms with Crippen molar-refractivity contribution in [2.75, 3.05) is 20.1 Å². The monoisotopic (exact) mass is 338 g/mol. The number of fused-ring (bicyclic) bond motifs is 1. The van der Waals surface area contributed by atoms with Gasteiger partial charge < -0.3 is 14.7 Å². The van der Waals surface area contributed by atoms with Gasteiger partial charge in [-0.1, -0.05) is 19.0 Å². The molecule has 1 aliphatic heterocycles. The minimum Gasteiger partial charge on any atom is -0.337 e. The minimum atomic E-state index is 0. The number of amides is 1. The van der Waals surface area contributed by atoms with Gasteiger partial charge in [-0.2, -0.15) is 0 Å². The summed E-state index contributed by atoms with van der Waals surface area (Å²) in [5, 5.41) is 8.16. The first-order chi connectivity index (χ1) is 10.5. The molecule has 0 radical (unpaired) electrons. The molecule has 3 heterocycles. The van der Waals surface area contributed by atoms with Gasteiger partial charge in [-0.15, -0.1) is 12.4 Å². The van der Waals surface area contributed by atoms with Crippen molar-refractivity contribution in [1.82, 2.24) is 20.4 Å². The number of aromatic nitrogens is 2. The molecule has 0 aromatic carbocycles. The van der Waals surface area contributed by atoms with E-state index in [-0.39, 0.29) is 30.3 Å². The molecule has 1 fully saturated rings. The van der Waals surface area contributed by atoms with E-state index < -0.39 is 0 Å². The molecule has 0 saturated carbocycles. The quantitative estimate of drug-likeness (QED) is 0.931. The van der Waals surface area contributed by atoms with Gasteiger partial charge in [0.2, 0.25) is 0 Å². The lowest BCUT2D eigenvalue weighted by molar-refractivity contribution is 0.0745. The number of nitrogens with one attached hydrogen (secondary N) is 1. The number of carbonyl (C=O) groups excluding carboxylic acids is 1. The van der Waals surface area contributed by atoms with E-state index in [1.807, 2.05) is 38.8 Å². The molecule has 23 heavy (non-hydrogen) atoms. The summed E-state index contributed by atoms with van der Waals surface area (Å²) in [6.45, 7) is 7.74. The third-order valence-corrected chi connectivity index (χ3v) is 4.28. The van der Waals surface area contributed by atoms with Crippen LogP contribution in [0.4, 0.5) is 0 Å². The minimum absolute atomic E-state index is 0. The number of pyridine rings is 1. The van der Waals surface area contributed by atoms with Gasteiger partial charge in [-0.25, -0.2) is 4.98 Å². The average Bonchev–Trinajstić information content (AvgIpc) is 3.13. The van der Waals surface area contributed by atoms with Crippen LogP contribution in [0, 0.1) is 6.92 Å². The van der Waals surface area contributed by atoms with E-state index in [0.29, 0.717) is 11.3 Å². The van der Waals surface area contributed by atoms with Crippen molar-refractivity contribution in [2.24, 2.45) is 0 Å². The second kappa shape index (κ2) is 6.84. The zero-order chi connectivity index (χ0) is 15.9. The number of aryl methyl sites for hydroxylation is 1. The van der Waals surface area contributed by atoms with E-state index in [4.69, 9.17) is 4.52 Å². The smallest absolute Gasteiger partial charge is 0.259 e. The van der Waals surface area contributed by atoms with Gasteiger partial charge in [0.15, 0.2) is 0 Å². The number of carbonyl (C=O) groups is 1. The summed E-state index contributed by atoms with van der Waals surface area (Å²) in [6.07, 6.45) is 0.982. The Balaban J connectivity index is 0.00000192. The second-order valence-electron chi connectivity index (χ2n) is 6.28. The van der Waals surface area contributed by atoms with Crippen molar-refractivity contribution in [3.8, 4) is 0 Å². The van der Waals surface area contributed by atoms with E-state index in [1.165, 1.54) is 0 Å². The Labute approximate surface area is 142 Å². The molecule has 7 heteroatoms. The molecule has 1 aliphatic rings. The summed E-state index contributed by atoms with van der Waals surface area (Å²) in [5.74, 6) is 0.185. The van der Waals surface area contributed by atoms with Crippen LogP contribution in [-0.2, 0) is 0 Å². The van der Waals surface area contributed by atoms with Crippen LogP contribution < -0.4 is 5.32 Å². The fraction of sp³-hybridized carbons (Fsp3) is 0.562. The molecule has 0 spiro atoms. The van der Waals surface area contributed by atoms with Gasteiger partial charge in [0.05, 0.1) is 16.6 Å². The van der Waals surface area contributed by atoms with Crippen molar-refractivity contribution in [3.63, 3.8) is 0 Å². The second-order valence-corrected chi connectivity index (χ2v) is 6.28. The highest BCUT2D eigenvalue weighted by Gasteiger charge is 2.28. The largest absolute Gasteiger partial charge is 0.337 e. The molecular formula is C16H23ClN4O2. The lowest BCUT2D eigenvalue weighted by atomic mass is 10.0. The van der Waals surface area contributed by atoms with Crippen LogP contribution in [0.25, 0.3) is 11.1 Å². The van der Waals surface area contributed by atoms with Crippen molar-refractivity contribution in [3.05, 3.63) is 23.0 Å². The van der Waals surface area contributed by atoms with Gasteiger partial charge in [0, 0.05) is 25.3 Å². The SMILES string of the molecule is Cc1cc(C(=O)N(C)C2CCNC2)c2c(C(C)C)noc2n1.Cl. The maximum absolute atomic E-state index is 13.0. The van der Waals surface area contributed by atoms with Gasteiger partial charge in [-0.05, 0) is 31.9 Å². The fourth-order valence-electron chi connectivity index (χ4n) is 2.98. The van der Waals surface area contributed by atoms with E-state index in [2.05, 4.69) is 15.5 Å². The Bertz CT molecular complexity index is 707. The van der Waals surface area contributed by atoms with Crippen molar-refractivity contribution in [2.45, 2.75) is 39.2 Å². The highest BCUT2D eigenvalue weighted by atomic mass is 35.5. The Hall–Kier alpha value is -1.66. The Morgan fingerprint density at radius 2 is 2.22 bits per heavy atom. The zero-order valence-corrected chi connectivity index (χ0v) is 14.7. The molecule has 2 aromatic rings. The van der Waals surface area contributed by atoms with Crippen molar-refractivity contribution < 1.29 is 9.32 Å². The topological polar surface area (TPSA) is 71.3 Å². The van der Waals surface area contributed by atoms with E-state index in [0.717, 1.165) is 36.3 Å². The normalized spacial score (nSPS) is 17.5. The number of likely N-dealkylation sites (N-methyl/N-ethyl adjacent to an activating group) is 1. The van der Waals surface area contributed by atoms with E-state index in [1.54, 1.807) is 0 Å². The summed E-state index contributed by atoms with van der Waals surface area (Å²) in [6, 6.07) is 2.07. The van der Waals surface area contributed by atoms with Gasteiger partial charge in [0.25, 0.3) is 11.6 Å². The van der Waals surface area contributed by atoms with Gasteiger partial charge >= 0.3 is 0 Å². The van der Waals surface area contributed by atoms with Crippen LogP contribution in [0.15, 0.2) is 10.6 Å². The summed E-state index contributed by atoms with van der Waals surface area (Å²) < 4.78 is 5.34. The molecular weight excluding hydrogens is 316 g/mol. The third-order valence-electron chi connectivity index (χ3n) is 4.28. The van der Waals surface area contributed by atoms with Crippen molar-refractivity contribution in [1.29, 1.82) is 0 Å². The first kappa shape index (κ1) is 17.7. The molecule has 6 nitrogen and oxygen atoms in total. The number of halogens is 1. The predicted molar refractivity (Wildman–Crippen MR) is 91.2 cm³/mol. The summed E-state index contributed by atoms with van der Waals surface area (Å²) in [4.78, 5) is 19.2. The van der Waals surface area contributed by atoms with Crippen LogP contribution in [0.2, 0.25) is 0 Å². The highest BCUT2D eigenvalue weighted by Crippen LogP contribution is 2.28. The number of hydrogen-bond donors (Lipinski definition) is 1. The molecule has 1 amide bonds. The van der Waals surface area contributed by atoms with Crippen LogP contribution in [-0.4, -0.2) is 47.1 Å². The number of hydrogen-bond acceptors (Lipinski definition) is 5. The number of nitrogens with zero attached hydrogens (tertiary/aromatic N) is 3. The van der Waals surface area contributed by atoms with Crippen LogP contribution in [0.5, 0.6) is 0 Å². The summed E-state index contributed by atoms with van der Waals surface area (Å²) >= 11 is 0. The van der Waals surface area contributed by atoms with Crippen LogP contribution in [0.1, 0.15) is 47.9 Å². The molecule has 1 saturated heterocycles. The lowest BCUT2D eigenvalue weighted by Gasteiger charge is -2.24. The van der Waals surface area contributed by atoms with E-state index in [9.17, 15) is 4.79 Å². The summed E-state index contributed by atoms with van der Waals surface area (Å²) in [7, 11) is 1.87. The maximum atomic E-state index is 13.0. The zero-order valence-electron chi connectivity index (χ0n) is 13.9. The molecule has 2 aromatic heterocycles. The Morgan fingerprint density at radius 3 is 2.83 bits per heavy atom. The van der Waals surface area contributed by atoms with Crippen LogP contribution >= 0.6 is 12.4 Å². The van der Waals surface area contributed by atoms with Crippen LogP contribution in [0.3, 0.4) is 0 Å². The van der Waals surface area contributed by atoms with E-state index >= 15 is 0 Å². The lowest BCUT2D eigenvalue weighted by Crippen LogP contribution is -2.38. The molecule has 1 unspecified atom stereocenters. The third kappa shape index (κ3) is 3.19. The van der Waals surface area contributed by atoms with Gasteiger partial charge in [-0.3, -0.25) is 4.79 Å². The van der Waals surface area contributed by atoms with Gasteiger partial charge in [0.1, 0.15) is 0 Å².